The molecular formula is C19H17F3N2O4S. The van der Waals surface area contributed by atoms with Gasteiger partial charge in [-0.2, -0.15) is 13.2 Å². The number of benzene rings is 2. The summed E-state index contributed by atoms with van der Waals surface area (Å²) in [6, 6.07) is 11.4. The van der Waals surface area contributed by atoms with Crippen LogP contribution in [0.2, 0.25) is 0 Å². The zero-order valence-corrected chi connectivity index (χ0v) is 16.0. The number of alkyl halides is 3. The first-order chi connectivity index (χ1) is 13.4. The number of halogens is 3. The number of carbonyl (C=O) groups is 2. The fourth-order valence-corrected chi connectivity index (χ4v) is 2.81. The molecule has 6 nitrogen and oxygen atoms in total. The van der Waals surface area contributed by atoms with Gasteiger partial charge in [-0.15, -0.1) is 0 Å². The van der Waals surface area contributed by atoms with Crippen molar-refractivity contribution >= 4 is 27.3 Å². The van der Waals surface area contributed by atoms with Gasteiger partial charge in [-0.3, -0.25) is 9.59 Å². The van der Waals surface area contributed by atoms with E-state index in [2.05, 4.69) is 0 Å². The van der Waals surface area contributed by atoms with E-state index in [0.717, 1.165) is 28.8 Å². The summed E-state index contributed by atoms with van der Waals surface area (Å²) in [6.07, 6.45) is -3.93. The quantitative estimate of drug-likeness (QED) is 0.542. The molecule has 0 radical (unpaired) electrons. The Balaban J connectivity index is 2.34. The summed E-state index contributed by atoms with van der Waals surface area (Å²) in [7, 11) is -3.97. The van der Waals surface area contributed by atoms with Gasteiger partial charge < -0.3 is 4.90 Å². The third kappa shape index (κ3) is 6.26. The number of nitrogens with zero attached hydrogens (tertiary/aromatic N) is 1. The summed E-state index contributed by atoms with van der Waals surface area (Å²) in [4.78, 5) is 24.6. The molecule has 2 rings (SSSR count). The number of carbonyl (C=O) groups excluding carboxylic acids is 2. The van der Waals surface area contributed by atoms with E-state index in [1.165, 1.54) is 12.1 Å². The van der Waals surface area contributed by atoms with Crippen LogP contribution in [0.4, 0.5) is 18.9 Å². The van der Waals surface area contributed by atoms with Crippen LogP contribution in [0.3, 0.4) is 0 Å². The number of hydrogen-bond acceptors (Lipinski definition) is 5. The van der Waals surface area contributed by atoms with E-state index in [1.54, 1.807) is 24.3 Å². The molecule has 0 aliphatic carbocycles. The van der Waals surface area contributed by atoms with Crippen LogP contribution in [0.1, 0.15) is 15.9 Å². The number of hydrogen-bond donors (Lipinski definition) is 1. The minimum absolute atomic E-state index is 0.198. The zero-order chi connectivity index (χ0) is 21.8. The predicted molar refractivity (Wildman–Crippen MR) is 101 cm³/mol. The van der Waals surface area contributed by atoms with Crippen LogP contribution < -0.4 is 10.0 Å². The second kappa shape index (κ2) is 8.58. The van der Waals surface area contributed by atoms with Gasteiger partial charge in [-0.25, -0.2) is 13.6 Å². The summed E-state index contributed by atoms with van der Waals surface area (Å²) < 4.78 is 60.2. The van der Waals surface area contributed by atoms with Crippen molar-refractivity contribution < 1.29 is 31.2 Å². The maximum Gasteiger partial charge on any atom is 0.454 e. The molecule has 0 amide bonds. The average Bonchev–Trinajstić information content (AvgIpc) is 2.63. The number of aryl methyl sites for hydroxylation is 1. The number of allylic oxidation sites excluding steroid dienone is 1. The van der Waals surface area contributed by atoms with E-state index >= 15 is 0 Å². The number of nitrogens with two attached hydrogens (primary N) is 1. The molecule has 0 saturated carbocycles. The van der Waals surface area contributed by atoms with E-state index in [0.29, 0.717) is 11.6 Å². The molecule has 0 fully saturated rings. The molecular weight excluding hydrogens is 409 g/mol. The highest BCUT2D eigenvalue weighted by Crippen LogP contribution is 2.21. The second-order valence-electron chi connectivity index (χ2n) is 6.13. The van der Waals surface area contributed by atoms with E-state index in [9.17, 15) is 31.2 Å². The first kappa shape index (κ1) is 22.3. The molecule has 0 aromatic heterocycles. The first-order valence-electron chi connectivity index (χ1n) is 8.16. The maximum absolute atomic E-state index is 12.5. The molecule has 0 atom stereocenters. The van der Waals surface area contributed by atoms with Gasteiger partial charge in [0.25, 0.3) is 5.78 Å². The number of ketones is 2. The van der Waals surface area contributed by atoms with Crippen molar-refractivity contribution in [1.29, 1.82) is 0 Å². The van der Waals surface area contributed by atoms with Crippen LogP contribution in [0.15, 0.2) is 65.7 Å². The smallest absolute Gasteiger partial charge is 0.340 e. The Morgan fingerprint density at radius 3 is 2.07 bits per heavy atom. The Morgan fingerprint density at radius 1 is 1.03 bits per heavy atom. The molecule has 154 valence electrons. The number of sulfonamides is 1. The van der Waals surface area contributed by atoms with Crippen molar-refractivity contribution in [2.45, 2.75) is 18.0 Å². The number of rotatable bonds is 7. The lowest BCUT2D eigenvalue weighted by Gasteiger charge is -2.20. The summed E-state index contributed by atoms with van der Waals surface area (Å²) in [5, 5.41) is 5.02. The third-order valence-corrected chi connectivity index (χ3v) is 4.80. The zero-order valence-electron chi connectivity index (χ0n) is 15.2. The number of Topliss-reactive ketones (excluding diaryl/α,β-unsaturated/α-hetero) is 1. The Hall–Kier alpha value is -2.98. The van der Waals surface area contributed by atoms with Gasteiger partial charge in [-0.05, 0) is 31.2 Å². The average molecular weight is 426 g/mol. The van der Waals surface area contributed by atoms with Crippen LogP contribution in [-0.2, 0) is 14.8 Å². The van der Waals surface area contributed by atoms with Crippen LogP contribution in [0.5, 0.6) is 0 Å². The topological polar surface area (TPSA) is 97.5 Å². The highest BCUT2D eigenvalue weighted by atomic mass is 32.2. The van der Waals surface area contributed by atoms with Crippen molar-refractivity contribution in [3.05, 3.63) is 71.9 Å². The van der Waals surface area contributed by atoms with Crippen molar-refractivity contribution in [3.63, 3.8) is 0 Å². The normalized spacial score (nSPS) is 12.2. The lowest BCUT2D eigenvalue weighted by atomic mass is 10.1. The molecule has 10 heteroatoms. The molecule has 29 heavy (non-hydrogen) atoms. The summed E-state index contributed by atoms with van der Waals surface area (Å²) in [5.41, 5.74) is 1.45. The van der Waals surface area contributed by atoms with E-state index in [1.807, 2.05) is 6.92 Å². The standard InChI is InChI=1S/C19H17F3N2O4S/c1-13-2-4-14(5-3-13)17(25)12-24(11-10-18(26)19(20,21)22)15-6-8-16(9-7-15)29(23,27)28/h2-11H,12H2,1H3,(H2,23,27,28)/b11-10+. The fourth-order valence-electron chi connectivity index (χ4n) is 2.29. The van der Waals surface area contributed by atoms with Crippen LogP contribution in [0, 0.1) is 6.92 Å². The molecule has 0 saturated heterocycles. The van der Waals surface area contributed by atoms with Gasteiger partial charge in [0.2, 0.25) is 10.0 Å². The summed E-state index contributed by atoms with van der Waals surface area (Å²) >= 11 is 0. The largest absolute Gasteiger partial charge is 0.454 e. The molecule has 0 unspecified atom stereocenters. The molecule has 2 aromatic rings. The summed E-state index contributed by atoms with van der Waals surface area (Å²) in [5.74, 6) is -2.50. The van der Waals surface area contributed by atoms with Crippen LogP contribution in [0.25, 0.3) is 0 Å². The second-order valence-corrected chi connectivity index (χ2v) is 7.70. The molecule has 0 aliphatic rings. The van der Waals surface area contributed by atoms with Crippen LogP contribution >= 0.6 is 0 Å². The van der Waals surface area contributed by atoms with Gasteiger partial charge in [0, 0.05) is 23.5 Å². The maximum atomic E-state index is 12.5. The lowest BCUT2D eigenvalue weighted by molar-refractivity contribution is -0.165. The molecule has 0 aliphatic heterocycles. The minimum Gasteiger partial charge on any atom is -0.340 e. The van der Waals surface area contributed by atoms with Gasteiger partial charge in [-0.1, -0.05) is 29.8 Å². The van der Waals surface area contributed by atoms with Crippen molar-refractivity contribution in [2.24, 2.45) is 5.14 Å². The van der Waals surface area contributed by atoms with Gasteiger partial charge in [0.1, 0.15) is 0 Å². The van der Waals surface area contributed by atoms with Crippen molar-refractivity contribution in [2.75, 3.05) is 11.4 Å². The first-order valence-corrected chi connectivity index (χ1v) is 9.71. The Bertz CT molecular complexity index is 1030. The van der Waals surface area contributed by atoms with E-state index in [-0.39, 0.29) is 17.1 Å². The van der Waals surface area contributed by atoms with Gasteiger partial charge in [0.15, 0.2) is 5.78 Å². The molecule has 0 heterocycles. The fraction of sp³-hybridized carbons (Fsp3) is 0.158. The highest BCUT2D eigenvalue weighted by Gasteiger charge is 2.36. The minimum atomic E-state index is -5.05. The molecule has 0 bridgehead atoms. The van der Waals surface area contributed by atoms with Gasteiger partial charge >= 0.3 is 6.18 Å². The van der Waals surface area contributed by atoms with Crippen LogP contribution in [-0.4, -0.2) is 32.7 Å². The van der Waals surface area contributed by atoms with E-state index < -0.39 is 27.8 Å². The monoisotopic (exact) mass is 426 g/mol. The lowest BCUT2D eigenvalue weighted by Crippen LogP contribution is -2.27. The van der Waals surface area contributed by atoms with Crippen molar-refractivity contribution in [1.82, 2.24) is 0 Å². The Morgan fingerprint density at radius 2 is 1.59 bits per heavy atom. The van der Waals surface area contributed by atoms with Gasteiger partial charge in [0.05, 0.1) is 11.4 Å². The Labute approximate surface area is 165 Å². The SMILES string of the molecule is Cc1ccc(C(=O)CN(/C=C/C(=O)C(F)(F)F)c2ccc(S(N)(=O)=O)cc2)cc1. The Kier molecular flexibility index (Phi) is 6.60. The molecule has 2 aromatic carbocycles. The number of primary sulfonamides is 1. The molecule has 2 N–H and O–H groups in total. The molecule has 0 spiro atoms. The predicted octanol–water partition coefficient (Wildman–Crippen LogP) is 2.98. The van der Waals surface area contributed by atoms with E-state index in [4.69, 9.17) is 5.14 Å². The number of anilines is 1. The third-order valence-electron chi connectivity index (χ3n) is 3.87. The van der Waals surface area contributed by atoms with Crippen molar-refractivity contribution in [3.8, 4) is 0 Å². The highest BCUT2D eigenvalue weighted by molar-refractivity contribution is 7.89. The summed E-state index contributed by atoms with van der Waals surface area (Å²) in [6.45, 7) is 1.46.